The minimum atomic E-state index is -0.502. The summed E-state index contributed by atoms with van der Waals surface area (Å²) in [6.45, 7) is 1.34. The van der Waals surface area contributed by atoms with Crippen molar-refractivity contribution in [2.75, 3.05) is 24.6 Å². The maximum Gasteiger partial charge on any atom is 0.258 e. The van der Waals surface area contributed by atoms with Crippen LogP contribution in [0.3, 0.4) is 0 Å². The van der Waals surface area contributed by atoms with Crippen LogP contribution in [0.1, 0.15) is 12.8 Å². The largest absolute Gasteiger partial charge is 0.481 e. The Balaban J connectivity index is 1.43. The molecule has 0 atom stereocenters. The van der Waals surface area contributed by atoms with E-state index in [1.807, 2.05) is 0 Å². The molecule has 0 radical (unpaired) electrons. The number of halogens is 2. The molecule has 1 fully saturated rings. The van der Waals surface area contributed by atoms with E-state index in [2.05, 4.69) is 36.1 Å². The molecule has 25 heavy (non-hydrogen) atoms. The SMILES string of the molecule is O=C(COc1ccc(Br)cc1F)NC1CCN(c2ncccn2)CC1. The lowest BCUT2D eigenvalue weighted by Gasteiger charge is -2.32. The number of nitrogens with zero attached hydrogens (tertiary/aromatic N) is 3. The van der Waals surface area contributed by atoms with Crippen LogP contribution < -0.4 is 15.0 Å². The van der Waals surface area contributed by atoms with Gasteiger partial charge in [-0.3, -0.25) is 4.79 Å². The number of aromatic nitrogens is 2. The smallest absolute Gasteiger partial charge is 0.258 e. The molecule has 132 valence electrons. The number of carbonyl (C=O) groups excluding carboxylic acids is 1. The summed E-state index contributed by atoms with van der Waals surface area (Å²) in [5.41, 5.74) is 0. The fourth-order valence-electron chi connectivity index (χ4n) is 2.68. The van der Waals surface area contributed by atoms with Gasteiger partial charge in [-0.2, -0.15) is 0 Å². The second-order valence-corrected chi connectivity index (χ2v) is 6.66. The van der Waals surface area contributed by atoms with Gasteiger partial charge >= 0.3 is 0 Å². The van der Waals surface area contributed by atoms with E-state index in [1.165, 1.54) is 12.1 Å². The lowest BCUT2D eigenvalue weighted by molar-refractivity contribution is -0.124. The van der Waals surface area contributed by atoms with E-state index >= 15 is 0 Å². The maximum absolute atomic E-state index is 13.7. The maximum atomic E-state index is 13.7. The molecule has 0 unspecified atom stereocenters. The minimum Gasteiger partial charge on any atom is -0.481 e. The van der Waals surface area contributed by atoms with Gasteiger partial charge in [0.25, 0.3) is 5.91 Å². The number of rotatable bonds is 5. The highest BCUT2D eigenvalue weighted by molar-refractivity contribution is 9.10. The molecule has 0 bridgehead atoms. The van der Waals surface area contributed by atoms with E-state index in [9.17, 15) is 9.18 Å². The Morgan fingerprint density at radius 1 is 1.32 bits per heavy atom. The van der Waals surface area contributed by atoms with Crippen molar-refractivity contribution in [3.8, 4) is 5.75 Å². The van der Waals surface area contributed by atoms with Crippen LogP contribution in [0, 0.1) is 5.82 Å². The Labute approximate surface area is 153 Å². The zero-order valence-corrected chi connectivity index (χ0v) is 15.1. The molecule has 6 nitrogen and oxygen atoms in total. The van der Waals surface area contributed by atoms with Crippen LogP contribution >= 0.6 is 15.9 Å². The van der Waals surface area contributed by atoms with E-state index in [0.717, 1.165) is 25.9 Å². The van der Waals surface area contributed by atoms with E-state index in [1.54, 1.807) is 24.5 Å². The minimum absolute atomic E-state index is 0.0643. The molecule has 3 rings (SSSR count). The van der Waals surface area contributed by atoms with Crippen molar-refractivity contribution in [3.05, 3.63) is 46.9 Å². The summed E-state index contributed by atoms with van der Waals surface area (Å²) in [6, 6.07) is 6.31. The number of anilines is 1. The molecule has 2 heterocycles. The first-order chi connectivity index (χ1) is 12.1. The topological polar surface area (TPSA) is 67.3 Å². The van der Waals surface area contributed by atoms with Gasteiger partial charge in [0.05, 0.1) is 0 Å². The van der Waals surface area contributed by atoms with Crippen molar-refractivity contribution in [1.29, 1.82) is 0 Å². The number of benzene rings is 1. The fourth-order valence-corrected chi connectivity index (χ4v) is 3.02. The van der Waals surface area contributed by atoms with Crippen molar-refractivity contribution in [2.24, 2.45) is 0 Å². The van der Waals surface area contributed by atoms with Crippen LogP contribution in [0.4, 0.5) is 10.3 Å². The number of nitrogens with one attached hydrogen (secondary N) is 1. The second kappa shape index (κ2) is 8.24. The van der Waals surface area contributed by atoms with Crippen LogP contribution in [0.2, 0.25) is 0 Å². The molecule has 0 saturated carbocycles. The van der Waals surface area contributed by atoms with Crippen LogP contribution in [0.15, 0.2) is 41.1 Å². The Morgan fingerprint density at radius 2 is 2.04 bits per heavy atom. The first kappa shape index (κ1) is 17.6. The van der Waals surface area contributed by atoms with Crippen molar-refractivity contribution in [2.45, 2.75) is 18.9 Å². The molecule has 1 aliphatic rings. The van der Waals surface area contributed by atoms with E-state index in [4.69, 9.17) is 4.74 Å². The van der Waals surface area contributed by atoms with Gasteiger partial charge in [-0.1, -0.05) is 15.9 Å². The molecule has 1 aromatic heterocycles. The van der Waals surface area contributed by atoms with Gasteiger partial charge in [0.15, 0.2) is 18.2 Å². The zero-order valence-electron chi connectivity index (χ0n) is 13.5. The summed E-state index contributed by atoms with van der Waals surface area (Å²) in [5.74, 6) is 0.0193. The summed E-state index contributed by atoms with van der Waals surface area (Å²) < 4.78 is 19.5. The van der Waals surface area contributed by atoms with Gasteiger partial charge in [-0.15, -0.1) is 0 Å². The fraction of sp³-hybridized carbons (Fsp3) is 0.353. The van der Waals surface area contributed by atoms with Crippen molar-refractivity contribution in [1.82, 2.24) is 15.3 Å². The summed E-state index contributed by atoms with van der Waals surface area (Å²) in [7, 11) is 0. The highest BCUT2D eigenvalue weighted by Crippen LogP contribution is 2.21. The molecule has 0 spiro atoms. The summed E-state index contributed by atoms with van der Waals surface area (Å²) in [5, 5.41) is 2.93. The van der Waals surface area contributed by atoms with Gasteiger partial charge in [-0.25, -0.2) is 14.4 Å². The van der Waals surface area contributed by atoms with E-state index in [-0.39, 0.29) is 24.3 Å². The Kier molecular flexibility index (Phi) is 5.80. The number of carbonyl (C=O) groups is 1. The molecule has 1 aromatic carbocycles. The summed E-state index contributed by atoms with van der Waals surface area (Å²) >= 11 is 3.18. The first-order valence-electron chi connectivity index (χ1n) is 8.01. The van der Waals surface area contributed by atoms with Crippen molar-refractivity contribution >= 4 is 27.8 Å². The molecule has 2 aromatic rings. The molecule has 1 amide bonds. The number of ether oxygens (including phenoxy) is 1. The third-order valence-electron chi connectivity index (χ3n) is 3.95. The molecule has 1 N–H and O–H groups in total. The second-order valence-electron chi connectivity index (χ2n) is 5.74. The molecular weight excluding hydrogens is 391 g/mol. The average molecular weight is 409 g/mol. The molecule has 1 saturated heterocycles. The molecule has 1 aliphatic heterocycles. The van der Waals surface area contributed by atoms with Gasteiger partial charge in [0.1, 0.15) is 0 Å². The number of amides is 1. The number of piperidine rings is 1. The quantitative estimate of drug-likeness (QED) is 0.823. The van der Waals surface area contributed by atoms with Crippen LogP contribution in [-0.4, -0.2) is 41.6 Å². The molecular formula is C17H18BrFN4O2. The zero-order chi connectivity index (χ0) is 17.6. The monoisotopic (exact) mass is 408 g/mol. The Morgan fingerprint density at radius 3 is 2.72 bits per heavy atom. The summed E-state index contributed by atoms with van der Waals surface area (Å²) in [4.78, 5) is 22.6. The molecule has 0 aliphatic carbocycles. The van der Waals surface area contributed by atoms with Gasteiger partial charge < -0.3 is 15.0 Å². The van der Waals surface area contributed by atoms with Gasteiger partial charge in [0.2, 0.25) is 5.95 Å². The number of hydrogen-bond acceptors (Lipinski definition) is 5. The predicted octanol–water partition coefficient (Wildman–Crippen LogP) is 2.54. The van der Waals surface area contributed by atoms with Gasteiger partial charge in [0, 0.05) is 36.0 Å². The Hall–Kier alpha value is -2.22. The molecule has 8 heteroatoms. The third kappa shape index (κ3) is 4.88. The van der Waals surface area contributed by atoms with E-state index in [0.29, 0.717) is 10.4 Å². The lowest BCUT2D eigenvalue weighted by atomic mass is 10.1. The van der Waals surface area contributed by atoms with E-state index < -0.39 is 5.82 Å². The summed E-state index contributed by atoms with van der Waals surface area (Å²) in [6.07, 6.45) is 5.04. The average Bonchev–Trinajstić information content (AvgIpc) is 2.62. The van der Waals surface area contributed by atoms with Crippen LogP contribution in [0.25, 0.3) is 0 Å². The lowest BCUT2D eigenvalue weighted by Crippen LogP contribution is -2.46. The highest BCUT2D eigenvalue weighted by atomic mass is 79.9. The number of hydrogen-bond donors (Lipinski definition) is 1. The van der Waals surface area contributed by atoms with Gasteiger partial charge in [-0.05, 0) is 37.1 Å². The van der Waals surface area contributed by atoms with Crippen molar-refractivity contribution < 1.29 is 13.9 Å². The first-order valence-corrected chi connectivity index (χ1v) is 8.80. The van der Waals surface area contributed by atoms with Crippen LogP contribution in [0.5, 0.6) is 5.75 Å². The normalized spacial score (nSPS) is 15.0. The predicted molar refractivity (Wildman–Crippen MR) is 95.0 cm³/mol. The Bertz CT molecular complexity index is 724. The van der Waals surface area contributed by atoms with Crippen molar-refractivity contribution in [3.63, 3.8) is 0 Å². The van der Waals surface area contributed by atoms with Crippen LogP contribution in [-0.2, 0) is 4.79 Å². The standard InChI is InChI=1S/C17H18BrFN4O2/c18-12-2-3-15(14(19)10-12)25-11-16(24)22-13-4-8-23(9-5-13)17-20-6-1-7-21-17/h1-3,6-7,10,13H,4-5,8-9,11H2,(H,22,24). The third-order valence-corrected chi connectivity index (χ3v) is 4.44. The highest BCUT2D eigenvalue weighted by Gasteiger charge is 2.22.